The number of anilines is 2. The number of nitrogens with zero attached hydrogens (tertiary/aromatic N) is 2. The van der Waals surface area contributed by atoms with Gasteiger partial charge in [-0.3, -0.25) is 0 Å². The molecule has 2 aromatic rings. The molecule has 20 heavy (non-hydrogen) atoms. The third kappa shape index (κ3) is 2.52. The predicted molar refractivity (Wildman–Crippen MR) is 78.0 cm³/mol. The first-order valence-corrected chi connectivity index (χ1v) is 6.69. The molecule has 0 bridgehead atoms. The second kappa shape index (κ2) is 5.22. The van der Waals surface area contributed by atoms with Crippen molar-refractivity contribution in [3.8, 4) is 0 Å². The molecule has 3 rings (SSSR count). The molecule has 106 valence electrons. The molecule has 1 aliphatic heterocycles. The van der Waals surface area contributed by atoms with Gasteiger partial charge in [-0.2, -0.15) is 4.98 Å². The minimum Gasteiger partial charge on any atom is -0.386 e. The Morgan fingerprint density at radius 3 is 2.95 bits per heavy atom. The van der Waals surface area contributed by atoms with Gasteiger partial charge in [-0.25, -0.2) is 4.98 Å². The Balaban J connectivity index is 1.89. The SMILES string of the molecule is CNc1nc(NCC2(O)CCOC2)c2ccccc2n1. The van der Waals surface area contributed by atoms with Crippen LogP contribution in [0.15, 0.2) is 24.3 Å². The number of ether oxygens (including phenoxy) is 1. The van der Waals surface area contributed by atoms with Crippen molar-refractivity contribution in [2.75, 3.05) is 37.4 Å². The van der Waals surface area contributed by atoms with Gasteiger partial charge in [0.25, 0.3) is 0 Å². The van der Waals surface area contributed by atoms with E-state index < -0.39 is 5.60 Å². The number of aromatic nitrogens is 2. The minimum atomic E-state index is -0.814. The molecule has 6 nitrogen and oxygen atoms in total. The summed E-state index contributed by atoms with van der Waals surface area (Å²) in [6.07, 6.45) is 0.641. The summed E-state index contributed by atoms with van der Waals surface area (Å²) in [5.74, 6) is 1.28. The van der Waals surface area contributed by atoms with Crippen LogP contribution in [0, 0.1) is 0 Å². The van der Waals surface area contributed by atoms with Crippen molar-refractivity contribution in [2.45, 2.75) is 12.0 Å². The molecule has 0 amide bonds. The van der Waals surface area contributed by atoms with Gasteiger partial charge in [0.1, 0.15) is 11.4 Å². The van der Waals surface area contributed by atoms with E-state index in [1.54, 1.807) is 7.05 Å². The fraction of sp³-hybridized carbons (Fsp3) is 0.429. The van der Waals surface area contributed by atoms with E-state index in [-0.39, 0.29) is 0 Å². The summed E-state index contributed by atoms with van der Waals surface area (Å²) in [6.45, 7) is 1.38. The molecule has 2 heterocycles. The molecule has 0 saturated carbocycles. The summed E-state index contributed by atoms with van der Waals surface area (Å²) in [6, 6.07) is 7.79. The topological polar surface area (TPSA) is 79.3 Å². The van der Waals surface area contributed by atoms with Crippen LogP contribution in [0.2, 0.25) is 0 Å². The minimum absolute atomic E-state index is 0.363. The Morgan fingerprint density at radius 1 is 1.35 bits per heavy atom. The first kappa shape index (κ1) is 13.1. The average molecular weight is 274 g/mol. The van der Waals surface area contributed by atoms with Crippen LogP contribution >= 0.6 is 0 Å². The van der Waals surface area contributed by atoms with Crippen molar-refractivity contribution < 1.29 is 9.84 Å². The lowest BCUT2D eigenvalue weighted by Gasteiger charge is -2.21. The number of para-hydroxylation sites is 1. The summed E-state index contributed by atoms with van der Waals surface area (Å²) >= 11 is 0. The highest BCUT2D eigenvalue weighted by Crippen LogP contribution is 2.24. The zero-order valence-electron chi connectivity index (χ0n) is 11.4. The molecule has 1 atom stereocenters. The lowest BCUT2D eigenvalue weighted by atomic mass is 10.0. The summed E-state index contributed by atoms with van der Waals surface area (Å²) in [5.41, 5.74) is 0.0512. The molecule has 0 aliphatic carbocycles. The van der Waals surface area contributed by atoms with E-state index >= 15 is 0 Å². The Labute approximate surface area is 117 Å². The Bertz CT molecular complexity index is 611. The highest BCUT2D eigenvalue weighted by molar-refractivity contribution is 5.90. The van der Waals surface area contributed by atoms with Crippen LogP contribution in [0.25, 0.3) is 10.9 Å². The number of benzene rings is 1. The zero-order chi connectivity index (χ0) is 14.0. The summed E-state index contributed by atoms with van der Waals surface area (Å²) in [7, 11) is 1.78. The van der Waals surface area contributed by atoms with Crippen LogP contribution < -0.4 is 10.6 Å². The molecular weight excluding hydrogens is 256 g/mol. The molecule has 0 radical (unpaired) electrons. The molecule has 1 saturated heterocycles. The van der Waals surface area contributed by atoms with Gasteiger partial charge in [-0.1, -0.05) is 12.1 Å². The Hall–Kier alpha value is -1.92. The van der Waals surface area contributed by atoms with Crippen molar-refractivity contribution >= 4 is 22.7 Å². The fourth-order valence-electron chi connectivity index (χ4n) is 2.31. The maximum Gasteiger partial charge on any atom is 0.224 e. The summed E-state index contributed by atoms with van der Waals surface area (Å²) in [4.78, 5) is 8.83. The van der Waals surface area contributed by atoms with Gasteiger partial charge < -0.3 is 20.5 Å². The standard InChI is InChI=1S/C14H18N4O2/c1-15-13-17-11-5-3-2-4-10(11)12(18-13)16-8-14(19)6-7-20-9-14/h2-5,19H,6-9H2,1H3,(H2,15,16,17,18). The van der Waals surface area contributed by atoms with E-state index in [9.17, 15) is 5.11 Å². The van der Waals surface area contributed by atoms with Crippen molar-refractivity contribution in [1.29, 1.82) is 0 Å². The van der Waals surface area contributed by atoms with Crippen molar-refractivity contribution in [3.05, 3.63) is 24.3 Å². The molecule has 1 aliphatic rings. The largest absolute Gasteiger partial charge is 0.386 e. The Morgan fingerprint density at radius 2 is 2.20 bits per heavy atom. The fourth-order valence-corrected chi connectivity index (χ4v) is 2.31. The number of nitrogens with one attached hydrogen (secondary N) is 2. The van der Waals surface area contributed by atoms with E-state index in [1.807, 2.05) is 24.3 Å². The van der Waals surface area contributed by atoms with E-state index in [2.05, 4.69) is 20.6 Å². The van der Waals surface area contributed by atoms with Crippen LogP contribution in [0.1, 0.15) is 6.42 Å². The van der Waals surface area contributed by atoms with E-state index in [1.165, 1.54) is 0 Å². The lowest BCUT2D eigenvalue weighted by Crippen LogP contribution is -2.37. The molecule has 1 unspecified atom stereocenters. The number of rotatable bonds is 4. The smallest absolute Gasteiger partial charge is 0.224 e. The third-order valence-corrected chi connectivity index (χ3v) is 3.49. The van der Waals surface area contributed by atoms with Gasteiger partial charge in [0.2, 0.25) is 5.95 Å². The molecule has 1 aromatic heterocycles. The normalized spacial score (nSPS) is 22.1. The maximum atomic E-state index is 10.3. The van der Waals surface area contributed by atoms with Crippen molar-refractivity contribution in [1.82, 2.24) is 9.97 Å². The Kier molecular flexibility index (Phi) is 3.42. The van der Waals surface area contributed by atoms with E-state index in [0.29, 0.717) is 32.1 Å². The number of hydrogen-bond donors (Lipinski definition) is 3. The van der Waals surface area contributed by atoms with Crippen molar-refractivity contribution in [2.24, 2.45) is 0 Å². The van der Waals surface area contributed by atoms with Gasteiger partial charge in [0.05, 0.1) is 12.1 Å². The second-order valence-electron chi connectivity index (χ2n) is 5.04. The van der Waals surface area contributed by atoms with E-state index in [0.717, 1.165) is 16.7 Å². The summed E-state index contributed by atoms with van der Waals surface area (Å²) < 4.78 is 5.25. The van der Waals surface area contributed by atoms with E-state index in [4.69, 9.17) is 4.74 Å². The van der Waals surface area contributed by atoms with Crippen molar-refractivity contribution in [3.63, 3.8) is 0 Å². The number of hydrogen-bond acceptors (Lipinski definition) is 6. The monoisotopic (exact) mass is 274 g/mol. The molecule has 0 spiro atoms. The third-order valence-electron chi connectivity index (χ3n) is 3.49. The van der Waals surface area contributed by atoms with Gasteiger partial charge in [0.15, 0.2) is 0 Å². The zero-order valence-corrected chi connectivity index (χ0v) is 11.4. The molecule has 1 aromatic carbocycles. The first-order chi connectivity index (χ1) is 9.70. The average Bonchev–Trinajstić information content (AvgIpc) is 2.91. The van der Waals surface area contributed by atoms with Crippen LogP contribution in [-0.2, 0) is 4.74 Å². The molecule has 1 fully saturated rings. The predicted octanol–water partition coefficient (Wildman–Crippen LogP) is 1.23. The van der Waals surface area contributed by atoms with Gasteiger partial charge in [-0.05, 0) is 12.1 Å². The van der Waals surface area contributed by atoms with Gasteiger partial charge in [0, 0.05) is 32.0 Å². The second-order valence-corrected chi connectivity index (χ2v) is 5.04. The highest BCUT2D eigenvalue weighted by atomic mass is 16.5. The highest BCUT2D eigenvalue weighted by Gasteiger charge is 2.32. The van der Waals surface area contributed by atoms with Crippen LogP contribution in [0.5, 0.6) is 0 Å². The van der Waals surface area contributed by atoms with Crippen LogP contribution in [0.4, 0.5) is 11.8 Å². The maximum absolute atomic E-state index is 10.3. The number of fused-ring (bicyclic) bond motifs is 1. The molecule has 6 heteroatoms. The molecule has 3 N–H and O–H groups in total. The lowest BCUT2D eigenvalue weighted by molar-refractivity contribution is 0.0381. The molecular formula is C14H18N4O2. The summed E-state index contributed by atoms with van der Waals surface area (Å²) in [5, 5.41) is 17.4. The van der Waals surface area contributed by atoms with Crippen LogP contribution in [-0.4, -0.2) is 47.5 Å². The van der Waals surface area contributed by atoms with Gasteiger partial charge >= 0.3 is 0 Å². The first-order valence-electron chi connectivity index (χ1n) is 6.69. The number of aliphatic hydroxyl groups is 1. The van der Waals surface area contributed by atoms with Gasteiger partial charge in [-0.15, -0.1) is 0 Å². The quantitative estimate of drug-likeness (QED) is 0.778. The van der Waals surface area contributed by atoms with Crippen LogP contribution in [0.3, 0.4) is 0 Å².